The van der Waals surface area contributed by atoms with E-state index in [-0.39, 0.29) is 11.8 Å². The molecule has 4 heteroatoms. The van der Waals surface area contributed by atoms with Gasteiger partial charge in [0, 0.05) is 34.0 Å². The molecular formula is C19H21ClN2O. The molecular weight excluding hydrogens is 308 g/mol. The summed E-state index contributed by atoms with van der Waals surface area (Å²) < 4.78 is 0. The number of rotatable bonds is 2. The number of phenols is 1. The molecule has 0 spiro atoms. The van der Waals surface area contributed by atoms with Crippen LogP contribution in [0.25, 0.3) is 5.70 Å². The molecule has 3 nitrogen and oxygen atoms in total. The Morgan fingerprint density at radius 1 is 1.22 bits per heavy atom. The van der Waals surface area contributed by atoms with E-state index in [1.165, 1.54) is 0 Å². The molecule has 3 rings (SSSR count). The number of nitrogens with two attached hydrogens (primary N) is 1. The van der Waals surface area contributed by atoms with Crippen molar-refractivity contribution in [2.45, 2.75) is 19.4 Å². The van der Waals surface area contributed by atoms with Gasteiger partial charge in [0.2, 0.25) is 0 Å². The van der Waals surface area contributed by atoms with E-state index in [2.05, 4.69) is 11.0 Å². The van der Waals surface area contributed by atoms with Crippen LogP contribution in [0, 0.1) is 0 Å². The number of phenolic OH excluding ortho intramolecular Hbond substituents is 1. The van der Waals surface area contributed by atoms with E-state index in [1.807, 2.05) is 50.4 Å². The maximum Gasteiger partial charge on any atom is 0.125 e. The minimum atomic E-state index is -0.0638. The number of likely N-dealkylation sites (N-methyl/N-ethyl adjacent to an activating group) is 1. The molecule has 1 aliphatic heterocycles. The van der Waals surface area contributed by atoms with Crippen LogP contribution in [0.15, 0.2) is 42.5 Å². The van der Waals surface area contributed by atoms with Gasteiger partial charge in [0.05, 0.1) is 6.04 Å². The topological polar surface area (TPSA) is 49.5 Å². The Hall–Kier alpha value is -1.97. The standard InChI is InChI=1S/C19H21ClN2O/c1-3-12-16(20)9-8-15(19(12)23)18-14-7-5-4-6-13(14)17(21)10-11-22(18)2/h4-10,18,23H,3,11,21H2,1-2H3. The van der Waals surface area contributed by atoms with Crippen LogP contribution < -0.4 is 5.73 Å². The van der Waals surface area contributed by atoms with Crippen molar-refractivity contribution in [3.05, 3.63) is 69.8 Å². The normalized spacial score (nSPS) is 18.2. The molecule has 1 atom stereocenters. The number of fused-ring (bicyclic) bond motifs is 1. The molecule has 3 N–H and O–H groups in total. The molecule has 2 aromatic rings. The number of benzene rings is 2. The first-order valence-corrected chi connectivity index (χ1v) is 8.17. The Morgan fingerprint density at radius 2 is 1.96 bits per heavy atom. The van der Waals surface area contributed by atoms with Gasteiger partial charge < -0.3 is 10.8 Å². The summed E-state index contributed by atoms with van der Waals surface area (Å²) in [5, 5.41) is 11.4. The van der Waals surface area contributed by atoms with Crippen molar-refractivity contribution in [3.8, 4) is 5.75 Å². The second-order valence-corrected chi connectivity index (χ2v) is 6.31. The first kappa shape index (κ1) is 15.9. The van der Waals surface area contributed by atoms with Crippen molar-refractivity contribution in [2.24, 2.45) is 5.73 Å². The van der Waals surface area contributed by atoms with Gasteiger partial charge in [0.15, 0.2) is 0 Å². The summed E-state index contributed by atoms with van der Waals surface area (Å²) in [6, 6.07) is 11.8. The predicted molar refractivity (Wildman–Crippen MR) is 95.6 cm³/mol. The molecule has 0 radical (unpaired) electrons. The molecule has 23 heavy (non-hydrogen) atoms. The van der Waals surface area contributed by atoms with Crippen molar-refractivity contribution in [1.82, 2.24) is 4.90 Å². The SMILES string of the molecule is CCc1c(Cl)ccc(C2c3ccccc3C(N)=CCN2C)c1O. The fourth-order valence-corrected chi connectivity index (χ4v) is 3.57. The zero-order valence-electron chi connectivity index (χ0n) is 13.4. The van der Waals surface area contributed by atoms with Crippen molar-refractivity contribution < 1.29 is 5.11 Å². The fourth-order valence-electron chi connectivity index (χ4n) is 3.29. The van der Waals surface area contributed by atoms with Crippen LogP contribution in [0.2, 0.25) is 5.02 Å². The van der Waals surface area contributed by atoms with E-state index in [0.717, 1.165) is 28.0 Å². The summed E-state index contributed by atoms with van der Waals surface area (Å²) in [7, 11) is 2.04. The van der Waals surface area contributed by atoms with Crippen LogP contribution in [-0.4, -0.2) is 23.6 Å². The zero-order valence-corrected chi connectivity index (χ0v) is 14.1. The number of aromatic hydroxyl groups is 1. The van der Waals surface area contributed by atoms with Crippen molar-refractivity contribution >= 4 is 17.3 Å². The van der Waals surface area contributed by atoms with E-state index in [9.17, 15) is 5.11 Å². The average Bonchev–Trinajstić information content (AvgIpc) is 2.67. The Bertz CT molecular complexity index is 770. The first-order chi connectivity index (χ1) is 11.0. The molecule has 0 saturated heterocycles. The van der Waals surface area contributed by atoms with E-state index >= 15 is 0 Å². The van der Waals surface area contributed by atoms with Crippen LogP contribution in [0.3, 0.4) is 0 Å². The smallest absolute Gasteiger partial charge is 0.125 e. The monoisotopic (exact) mass is 328 g/mol. The lowest BCUT2D eigenvalue weighted by Crippen LogP contribution is -2.25. The zero-order chi connectivity index (χ0) is 16.6. The molecule has 0 aliphatic carbocycles. The number of hydrogen-bond donors (Lipinski definition) is 2. The minimum absolute atomic E-state index is 0.0638. The second kappa shape index (κ2) is 6.26. The lowest BCUT2D eigenvalue weighted by Gasteiger charge is -2.29. The second-order valence-electron chi connectivity index (χ2n) is 5.91. The molecule has 1 aliphatic rings. The Balaban J connectivity index is 2.22. The van der Waals surface area contributed by atoms with Crippen molar-refractivity contribution in [2.75, 3.05) is 13.6 Å². The summed E-state index contributed by atoms with van der Waals surface area (Å²) in [6.07, 6.45) is 2.71. The molecule has 1 heterocycles. The summed E-state index contributed by atoms with van der Waals surface area (Å²) >= 11 is 6.23. The quantitative estimate of drug-likeness (QED) is 0.877. The van der Waals surface area contributed by atoms with Gasteiger partial charge in [-0.3, -0.25) is 4.90 Å². The number of nitrogens with zero attached hydrogens (tertiary/aromatic N) is 1. The molecule has 1 unspecified atom stereocenters. The Labute approximate surface area is 142 Å². The molecule has 0 saturated carbocycles. The summed E-state index contributed by atoms with van der Waals surface area (Å²) in [5.74, 6) is 0.284. The van der Waals surface area contributed by atoms with Gasteiger partial charge in [-0.2, -0.15) is 0 Å². The van der Waals surface area contributed by atoms with E-state index in [4.69, 9.17) is 17.3 Å². The van der Waals surface area contributed by atoms with Crippen molar-refractivity contribution in [3.63, 3.8) is 0 Å². The highest BCUT2D eigenvalue weighted by atomic mass is 35.5. The van der Waals surface area contributed by atoms with Crippen LogP contribution in [0.1, 0.15) is 35.2 Å². The molecule has 2 aromatic carbocycles. The molecule has 120 valence electrons. The third-order valence-electron chi connectivity index (χ3n) is 4.51. The average molecular weight is 329 g/mol. The molecule has 0 bridgehead atoms. The molecule has 0 fully saturated rings. The van der Waals surface area contributed by atoms with E-state index in [0.29, 0.717) is 18.0 Å². The largest absolute Gasteiger partial charge is 0.507 e. The van der Waals surface area contributed by atoms with Gasteiger partial charge in [0.1, 0.15) is 5.75 Å². The highest BCUT2D eigenvalue weighted by Crippen LogP contribution is 2.41. The van der Waals surface area contributed by atoms with E-state index < -0.39 is 0 Å². The fraction of sp³-hybridized carbons (Fsp3) is 0.263. The number of halogens is 1. The maximum atomic E-state index is 10.8. The van der Waals surface area contributed by atoms with Gasteiger partial charge in [0.25, 0.3) is 0 Å². The van der Waals surface area contributed by atoms with Crippen LogP contribution >= 0.6 is 11.6 Å². The number of hydrogen-bond acceptors (Lipinski definition) is 3. The van der Waals surface area contributed by atoms with Crippen LogP contribution in [0.5, 0.6) is 5.75 Å². The summed E-state index contributed by atoms with van der Waals surface area (Å²) in [5.41, 5.74) is 10.8. The van der Waals surface area contributed by atoms with Gasteiger partial charge in [-0.25, -0.2) is 0 Å². The van der Waals surface area contributed by atoms with Gasteiger partial charge in [-0.15, -0.1) is 0 Å². The third kappa shape index (κ3) is 2.71. The summed E-state index contributed by atoms with van der Waals surface area (Å²) in [4.78, 5) is 2.18. The Morgan fingerprint density at radius 3 is 2.70 bits per heavy atom. The first-order valence-electron chi connectivity index (χ1n) is 7.80. The van der Waals surface area contributed by atoms with Gasteiger partial charge in [-0.05, 0) is 31.2 Å². The van der Waals surface area contributed by atoms with Crippen LogP contribution in [0.4, 0.5) is 0 Å². The third-order valence-corrected chi connectivity index (χ3v) is 4.87. The highest BCUT2D eigenvalue weighted by Gasteiger charge is 2.27. The van der Waals surface area contributed by atoms with Crippen molar-refractivity contribution in [1.29, 1.82) is 0 Å². The Kier molecular flexibility index (Phi) is 4.33. The summed E-state index contributed by atoms with van der Waals surface area (Å²) in [6.45, 7) is 2.71. The maximum absolute atomic E-state index is 10.8. The highest BCUT2D eigenvalue weighted by molar-refractivity contribution is 6.31. The lowest BCUT2D eigenvalue weighted by atomic mass is 9.91. The minimum Gasteiger partial charge on any atom is -0.507 e. The van der Waals surface area contributed by atoms with Gasteiger partial charge >= 0.3 is 0 Å². The van der Waals surface area contributed by atoms with E-state index in [1.54, 1.807) is 0 Å². The predicted octanol–water partition coefficient (Wildman–Crippen LogP) is 3.94. The van der Waals surface area contributed by atoms with Crippen LogP contribution in [-0.2, 0) is 6.42 Å². The molecule has 0 aromatic heterocycles. The lowest BCUT2D eigenvalue weighted by molar-refractivity contribution is 0.303. The molecule has 0 amide bonds. The van der Waals surface area contributed by atoms with Gasteiger partial charge in [-0.1, -0.05) is 48.9 Å².